The lowest BCUT2D eigenvalue weighted by Crippen LogP contribution is -2.25. The average Bonchev–Trinajstić information content (AvgIpc) is 2.80. The molecule has 0 spiro atoms. The summed E-state index contributed by atoms with van der Waals surface area (Å²) in [6.07, 6.45) is 2.62. The van der Waals surface area contributed by atoms with Gasteiger partial charge in [-0.3, -0.25) is 4.79 Å². The van der Waals surface area contributed by atoms with Crippen LogP contribution in [0.25, 0.3) is 10.2 Å². The van der Waals surface area contributed by atoms with E-state index in [-0.39, 0.29) is 12.5 Å². The van der Waals surface area contributed by atoms with E-state index in [0.717, 1.165) is 15.2 Å². The van der Waals surface area contributed by atoms with Crippen molar-refractivity contribution in [3.05, 3.63) is 17.3 Å². The van der Waals surface area contributed by atoms with Crippen molar-refractivity contribution >= 4 is 39.2 Å². The Hall–Kier alpha value is -1.18. The zero-order valence-corrected chi connectivity index (χ0v) is 12.9. The van der Waals surface area contributed by atoms with Crippen molar-refractivity contribution in [2.24, 2.45) is 0 Å². The van der Waals surface area contributed by atoms with Gasteiger partial charge in [-0.15, -0.1) is 23.1 Å². The zero-order chi connectivity index (χ0) is 14.4. The summed E-state index contributed by atoms with van der Waals surface area (Å²) in [5.74, 6) is 0.698. The minimum absolute atomic E-state index is 0.0118. The number of carbonyl (C=O) groups is 1. The van der Waals surface area contributed by atoms with Gasteiger partial charge in [-0.2, -0.15) is 0 Å². The summed E-state index contributed by atoms with van der Waals surface area (Å²) in [7, 11) is 0. The Balaban J connectivity index is 1.85. The lowest BCUT2D eigenvalue weighted by Gasteiger charge is -2.04. The Morgan fingerprint density at radius 1 is 1.50 bits per heavy atom. The number of aryl methyl sites for hydroxylation is 1. The number of nitrogens with one attached hydrogen (secondary N) is 1. The Labute approximate surface area is 125 Å². The molecule has 2 rings (SSSR count). The van der Waals surface area contributed by atoms with Crippen LogP contribution in [0.4, 0.5) is 0 Å². The van der Waals surface area contributed by atoms with E-state index in [2.05, 4.69) is 28.3 Å². The monoisotopic (exact) mass is 311 g/mol. The number of rotatable bonds is 7. The fourth-order valence-corrected chi connectivity index (χ4v) is 3.53. The van der Waals surface area contributed by atoms with Crippen LogP contribution in [-0.2, 0) is 4.79 Å². The molecular weight excluding hydrogens is 294 g/mol. The molecule has 0 saturated carbocycles. The molecule has 108 valence electrons. The molecule has 0 aromatic carbocycles. The van der Waals surface area contributed by atoms with Crippen LogP contribution in [0.2, 0.25) is 0 Å². The number of aromatic nitrogens is 2. The van der Waals surface area contributed by atoms with Gasteiger partial charge >= 0.3 is 0 Å². The SMILES string of the molecule is Cc1cc2c(SCCC(=O)NCCCO)ncnc2s1. The Morgan fingerprint density at radius 3 is 3.15 bits per heavy atom. The van der Waals surface area contributed by atoms with Gasteiger partial charge in [-0.25, -0.2) is 9.97 Å². The summed E-state index contributed by atoms with van der Waals surface area (Å²) in [5, 5.41) is 13.4. The number of thioether (sulfide) groups is 1. The fourth-order valence-electron chi connectivity index (χ4n) is 1.71. The predicted octanol–water partition coefficient (Wildman–Crippen LogP) is 1.98. The van der Waals surface area contributed by atoms with Gasteiger partial charge in [0.15, 0.2) is 0 Å². The smallest absolute Gasteiger partial charge is 0.220 e. The molecule has 0 unspecified atom stereocenters. The van der Waals surface area contributed by atoms with Gasteiger partial charge in [-0.1, -0.05) is 0 Å². The van der Waals surface area contributed by atoms with Crippen molar-refractivity contribution in [2.75, 3.05) is 18.9 Å². The summed E-state index contributed by atoms with van der Waals surface area (Å²) >= 11 is 3.23. The van der Waals surface area contributed by atoms with E-state index in [1.54, 1.807) is 29.4 Å². The topological polar surface area (TPSA) is 75.1 Å². The molecule has 0 bridgehead atoms. The van der Waals surface area contributed by atoms with Crippen LogP contribution in [0.5, 0.6) is 0 Å². The molecular formula is C13H17N3O2S2. The molecule has 2 aromatic heterocycles. The molecule has 0 aliphatic rings. The van der Waals surface area contributed by atoms with Gasteiger partial charge in [0.25, 0.3) is 0 Å². The number of amides is 1. The number of hydrogen-bond acceptors (Lipinski definition) is 6. The highest BCUT2D eigenvalue weighted by Crippen LogP contribution is 2.30. The molecule has 7 heteroatoms. The third-order valence-electron chi connectivity index (χ3n) is 2.64. The van der Waals surface area contributed by atoms with Crippen LogP contribution >= 0.6 is 23.1 Å². The first-order chi connectivity index (χ1) is 9.70. The molecule has 0 atom stereocenters. The Kier molecular flexibility index (Phi) is 5.75. The number of aliphatic hydroxyl groups excluding tert-OH is 1. The standard InChI is InChI=1S/C13H17N3O2S2/c1-9-7-10-12(15-8-16-13(10)20-9)19-6-3-11(18)14-4-2-5-17/h7-8,17H,2-6H2,1H3,(H,14,18). The third kappa shape index (κ3) is 4.16. The van der Waals surface area contributed by atoms with Crippen molar-refractivity contribution < 1.29 is 9.90 Å². The van der Waals surface area contributed by atoms with Gasteiger partial charge in [0.1, 0.15) is 16.2 Å². The van der Waals surface area contributed by atoms with Gasteiger partial charge in [0.05, 0.1) is 0 Å². The number of nitrogens with zero attached hydrogens (tertiary/aromatic N) is 2. The number of fused-ring (bicyclic) bond motifs is 1. The summed E-state index contributed by atoms with van der Waals surface area (Å²) in [5.41, 5.74) is 0. The van der Waals surface area contributed by atoms with Crippen molar-refractivity contribution in [1.29, 1.82) is 0 Å². The van der Waals surface area contributed by atoms with Crippen LogP contribution in [0, 0.1) is 6.92 Å². The average molecular weight is 311 g/mol. The number of hydrogen-bond donors (Lipinski definition) is 2. The summed E-state index contributed by atoms with van der Waals surface area (Å²) in [6, 6.07) is 2.09. The maximum atomic E-state index is 11.5. The van der Waals surface area contributed by atoms with E-state index in [4.69, 9.17) is 5.11 Å². The van der Waals surface area contributed by atoms with E-state index in [1.165, 1.54) is 4.88 Å². The first kappa shape index (κ1) is 15.2. The number of carbonyl (C=O) groups excluding carboxylic acids is 1. The molecule has 0 radical (unpaired) electrons. The van der Waals surface area contributed by atoms with Crippen molar-refractivity contribution in [3.63, 3.8) is 0 Å². The van der Waals surface area contributed by atoms with E-state index in [0.29, 0.717) is 25.1 Å². The molecule has 0 saturated heterocycles. The van der Waals surface area contributed by atoms with Gasteiger partial charge in [0.2, 0.25) is 5.91 Å². The van der Waals surface area contributed by atoms with Crippen LogP contribution in [0.3, 0.4) is 0 Å². The zero-order valence-electron chi connectivity index (χ0n) is 11.3. The second kappa shape index (κ2) is 7.56. The highest BCUT2D eigenvalue weighted by atomic mass is 32.2. The second-order valence-electron chi connectivity index (χ2n) is 4.28. The third-order valence-corrected chi connectivity index (χ3v) is 4.61. The largest absolute Gasteiger partial charge is 0.396 e. The van der Waals surface area contributed by atoms with Crippen molar-refractivity contribution in [3.8, 4) is 0 Å². The normalized spacial score (nSPS) is 10.9. The van der Waals surface area contributed by atoms with E-state index in [1.807, 2.05) is 0 Å². The molecule has 2 heterocycles. The Morgan fingerprint density at radius 2 is 2.35 bits per heavy atom. The molecule has 0 fully saturated rings. The lowest BCUT2D eigenvalue weighted by atomic mass is 10.4. The maximum absolute atomic E-state index is 11.5. The maximum Gasteiger partial charge on any atom is 0.220 e. The lowest BCUT2D eigenvalue weighted by molar-refractivity contribution is -0.120. The van der Waals surface area contributed by atoms with E-state index in [9.17, 15) is 4.79 Å². The quantitative estimate of drug-likeness (QED) is 0.464. The van der Waals surface area contributed by atoms with Crippen LogP contribution in [0.1, 0.15) is 17.7 Å². The Bertz CT molecular complexity index is 586. The first-order valence-corrected chi connectivity index (χ1v) is 8.22. The van der Waals surface area contributed by atoms with Gasteiger partial charge in [-0.05, 0) is 19.4 Å². The van der Waals surface area contributed by atoms with Gasteiger partial charge in [0, 0.05) is 35.6 Å². The predicted molar refractivity (Wildman–Crippen MR) is 82.2 cm³/mol. The van der Waals surface area contributed by atoms with Crippen molar-refractivity contribution in [1.82, 2.24) is 15.3 Å². The fraction of sp³-hybridized carbons (Fsp3) is 0.462. The molecule has 2 aromatic rings. The minimum atomic E-state index is 0.0118. The highest BCUT2D eigenvalue weighted by Gasteiger charge is 2.08. The first-order valence-electron chi connectivity index (χ1n) is 6.42. The van der Waals surface area contributed by atoms with Crippen LogP contribution in [-0.4, -0.2) is 39.9 Å². The molecule has 0 aliphatic carbocycles. The molecule has 20 heavy (non-hydrogen) atoms. The molecule has 0 aliphatic heterocycles. The summed E-state index contributed by atoms with van der Waals surface area (Å²) < 4.78 is 0. The van der Waals surface area contributed by atoms with E-state index >= 15 is 0 Å². The number of thiophene rings is 1. The second-order valence-corrected chi connectivity index (χ2v) is 6.60. The summed E-state index contributed by atoms with van der Waals surface area (Å²) in [6.45, 7) is 2.68. The molecule has 1 amide bonds. The van der Waals surface area contributed by atoms with Gasteiger partial charge < -0.3 is 10.4 Å². The van der Waals surface area contributed by atoms with E-state index < -0.39 is 0 Å². The van der Waals surface area contributed by atoms with Crippen LogP contribution in [0.15, 0.2) is 17.4 Å². The minimum Gasteiger partial charge on any atom is -0.396 e. The van der Waals surface area contributed by atoms with Crippen molar-refractivity contribution in [2.45, 2.75) is 24.8 Å². The molecule has 5 nitrogen and oxygen atoms in total. The number of aliphatic hydroxyl groups is 1. The summed E-state index contributed by atoms with van der Waals surface area (Å²) in [4.78, 5) is 22.3. The highest BCUT2D eigenvalue weighted by molar-refractivity contribution is 7.99. The van der Waals surface area contributed by atoms with Crippen LogP contribution < -0.4 is 5.32 Å². The molecule has 2 N–H and O–H groups in total.